The zero-order chi connectivity index (χ0) is 21.5. The molecule has 162 valence electrons. The zero-order valence-electron chi connectivity index (χ0n) is 18.6. The van der Waals surface area contributed by atoms with Gasteiger partial charge < -0.3 is 9.80 Å². The van der Waals surface area contributed by atoms with Crippen molar-refractivity contribution >= 4 is 17.4 Å². The van der Waals surface area contributed by atoms with Gasteiger partial charge in [-0.3, -0.25) is 9.78 Å². The summed E-state index contributed by atoms with van der Waals surface area (Å²) in [6.45, 7) is 9.23. The second-order valence-electron chi connectivity index (χ2n) is 9.19. The lowest BCUT2D eigenvalue weighted by Gasteiger charge is -2.34. The van der Waals surface area contributed by atoms with Crippen molar-refractivity contribution in [1.82, 2.24) is 24.5 Å². The Bertz CT molecular complexity index is 1120. The van der Waals surface area contributed by atoms with Gasteiger partial charge in [0.2, 0.25) is 0 Å². The number of anilines is 1. The van der Waals surface area contributed by atoms with Gasteiger partial charge >= 0.3 is 0 Å². The summed E-state index contributed by atoms with van der Waals surface area (Å²) >= 11 is 0. The van der Waals surface area contributed by atoms with Gasteiger partial charge in [0.15, 0.2) is 5.65 Å². The number of piperidine rings is 1. The van der Waals surface area contributed by atoms with Crippen LogP contribution in [0.2, 0.25) is 0 Å². The highest BCUT2D eigenvalue weighted by atomic mass is 16.2. The molecule has 31 heavy (non-hydrogen) atoms. The smallest absolute Gasteiger partial charge is 0.273 e. The van der Waals surface area contributed by atoms with E-state index in [0.717, 1.165) is 67.2 Å². The van der Waals surface area contributed by atoms with Gasteiger partial charge in [0, 0.05) is 43.7 Å². The van der Waals surface area contributed by atoms with Gasteiger partial charge in [-0.2, -0.15) is 5.10 Å². The van der Waals surface area contributed by atoms with Crippen LogP contribution in [0, 0.1) is 19.8 Å². The number of pyridine rings is 1. The van der Waals surface area contributed by atoms with E-state index >= 15 is 0 Å². The van der Waals surface area contributed by atoms with E-state index in [1.54, 1.807) is 6.20 Å². The molecule has 2 aliphatic rings. The number of carbonyl (C=O) groups is 1. The fourth-order valence-electron chi connectivity index (χ4n) is 4.91. The van der Waals surface area contributed by atoms with Crippen molar-refractivity contribution in [1.29, 1.82) is 0 Å². The maximum absolute atomic E-state index is 13.3. The number of hydrogen-bond donors (Lipinski definition) is 0. The molecule has 1 amide bonds. The van der Waals surface area contributed by atoms with Gasteiger partial charge in [-0.05, 0) is 63.1 Å². The van der Waals surface area contributed by atoms with Crippen LogP contribution in [0.1, 0.15) is 66.0 Å². The van der Waals surface area contributed by atoms with Crippen LogP contribution in [0.4, 0.5) is 5.82 Å². The van der Waals surface area contributed by atoms with Crippen LogP contribution in [0.3, 0.4) is 0 Å². The molecule has 0 bridgehead atoms. The minimum absolute atomic E-state index is 0.0126. The summed E-state index contributed by atoms with van der Waals surface area (Å²) in [6, 6.07) is 5.80. The van der Waals surface area contributed by atoms with Crippen molar-refractivity contribution in [2.45, 2.75) is 52.5 Å². The van der Waals surface area contributed by atoms with Crippen molar-refractivity contribution in [2.75, 3.05) is 24.5 Å². The molecular formula is C24H30N6O. The van der Waals surface area contributed by atoms with Crippen LogP contribution in [0.15, 0.2) is 30.6 Å². The number of carbonyl (C=O) groups excluding carboxylic acids is 1. The van der Waals surface area contributed by atoms with E-state index in [1.165, 1.54) is 6.42 Å². The average molecular weight is 419 g/mol. The number of nitrogens with zero attached hydrogens (tertiary/aromatic N) is 6. The molecule has 0 aromatic carbocycles. The van der Waals surface area contributed by atoms with Crippen LogP contribution in [0.25, 0.3) is 5.65 Å². The number of aryl methyl sites for hydroxylation is 2. The van der Waals surface area contributed by atoms with Gasteiger partial charge in [0.25, 0.3) is 5.91 Å². The van der Waals surface area contributed by atoms with E-state index < -0.39 is 0 Å². The van der Waals surface area contributed by atoms with Crippen LogP contribution in [0.5, 0.6) is 0 Å². The van der Waals surface area contributed by atoms with E-state index in [2.05, 4.69) is 36.0 Å². The molecule has 2 fully saturated rings. The SMILES string of the molecule is Cc1ccnc(C(=O)N2CCCC[C@H]2c2cc3nc(N4CC[C@H](C)C4)c(C)cn3n2)c1. The first kappa shape index (κ1) is 20.0. The number of rotatable bonds is 3. The molecule has 7 nitrogen and oxygen atoms in total. The second kappa shape index (κ2) is 7.94. The summed E-state index contributed by atoms with van der Waals surface area (Å²) in [6.07, 6.45) is 8.00. The van der Waals surface area contributed by atoms with Gasteiger partial charge in [-0.25, -0.2) is 9.50 Å². The Labute approximate surface area is 183 Å². The van der Waals surface area contributed by atoms with E-state index in [0.29, 0.717) is 11.6 Å². The van der Waals surface area contributed by atoms with Crippen LogP contribution in [-0.2, 0) is 0 Å². The lowest BCUT2D eigenvalue weighted by Crippen LogP contribution is -2.39. The summed E-state index contributed by atoms with van der Waals surface area (Å²) < 4.78 is 1.87. The molecule has 0 N–H and O–H groups in total. The highest BCUT2D eigenvalue weighted by molar-refractivity contribution is 5.92. The van der Waals surface area contributed by atoms with E-state index in [-0.39, 0.29) is 11.9 Å². The molecule has 2 saturated heterocycles. The van der Waals surface area contributed by atoms with Crippen LogP contribution >= 0.6 is 0 Å². The monoisotopic (exact) mass is 418 g/mol. The Balaban J connectivity index is 1.47. The van der Waals surface area contributed by atoms with Crippen molar-refractivity contribution in [3.8, 4) is 0 Å². The quantitative estimate of drug-likeness (QED) is 0.644. The summed E-state index contributed by atoms with van der Waals surface area (Å²) in [4.78, 5) is 26.9. The standard InChI is InChI=1S/C24H30N6O/c1-16-7-9-25-20(12-16)24(31)29-10-5-4-6-21(29)19-13-22-26-23(18(3)15-30(22)27-19)28-11-8-17(2)14-28/h7,9,12-13,15,17,21H,4-6,8,10-11,14H2,1-3H3/t17-,21-/m0/s1. The van der Waals surface area contributed by atoms with E-state index in [1.807, 2.05) is 28.5 Å². The first-order valence-corrected chi connectivity index (χ1v) is 11.3. The molecule has 0 saturated carbocycles. The molecule has 7 heteroatoms. The minimum atomic E-state index is -0.0409. The Morgan fingerprint density at radius 1 is 1.13 bits per heavy atom. The fourth-order valence-corrected chi connectivity index (χ4v) is 4.91. The Morgan fingerprint density at radius 2 is 2.00 bits per heavy atom. The molecule has 0 unspecified atom stereocenters. The molecule has 0 aliphatic carbocycles. The molecule has 2 atom stereocenters. The summed E-state index contributed by atoms with van der Waals surface area (Å²) in [5, 5.41) is 4.85. The average Bonchev–Trinajstić information content (AvgIpc) is 3.38. The molecule has 0 spiro atoms. The predicted molar refractivity (Wildman–Crippen MR) is 120 cm³/mol. The van der Waals surface area contributed by atoms with Crippen molar-refractivity contribution in [3.63, 3.8) is 0 Å². The first-order valence-electron chi connectivity index (χ1n) is 11.3. The van der Waals surface area contributed by atoms with Gasteiger partial charge in [-0.1, -0.05) is 6.92 Å². The highest BCUT2D eigenvalue weighted by Crippen LogP contribution is 2.32. The van der Waals surface area contributed by atoms with Crippen LogP contribution < -0.4 is 4.90 Å². The highest BCUT2D eigenvalue weighted by Gasteiger charge is 2.31. The molecule has 3 aromatic rings. The third-order valence-electron chi connectivity index (χ3n) is 6.59. The number of fused-ring (bicyclic) bond motifs is 1. The Morgan fingerprint density at radius 3 is 2.77 bits per heavy atom. The third kappa shape index (κ3) is 3.77. The number of hydrogen-bond acceptors (Lipinski definition) is 5. The van der Waals surface area contributed by atoms with Gasteiger partial charge in [0.05, 0.1) is 11.7 Å². The maximum Gasteiger partial charge on any atom is 0.273 e. The fraction of sp³-hybridized carbons (Fsp3) is 0.500. The Kier molecular flexibility index (Phi) is 5.12. The Hall–Kier alpha value is -2.96. The topological polar surface area (TPSA) is 66.6 Å². The van der Waals surface area contributed by atoms with Crippen molar-refractivity contribution in [2.24, 2.45) is 5.92 Å². The predicted octanol–water partition coefficient (Wildman–Crippen LogP) is 3.95. The lowest BCUT2D eigenvalue weighted by atomic mass is 9.98. The molecule has 0 radical (unpaired) electrons. The largest absolute Gasteiger partial charge is 0.356 e. The number of amides is 1. The third-order valence-corrected chi connectivity index (χ3v) is 6.59. The molecular weight excluding hydrogens is 388 g/mol. The van der Waals surface area contributed by atoms with Crippen molar-refractivity contribution in [3.05, 3.63) is 53.1 Å². The molecule has 2 aliphatic heterocycles. The first-order chi connectivity index (χ1) is 15.0. The normalized spacial score (nSPS) is 21.8. The van der Waals surface area contributed by atoms with E-state index in [9.17, 15) is 4.79 Å². The second-order valence-corrected chi connectivity index (χ2v) is 9.19. The number of likely N-dealkylation sites (tertiary alicyclic amines) is 1. The van der Waals surface area contributed by atoms with Crippen molar-refractivity contribution < 1.29 is 4.79 Å². The summed E-state index contributed by atoms with van der Waals surface area (Å²) in [7, 11) is 0. The van der Waals surface area contributed by atoms with Gasteiger partial charge in [0.1, 0.15) is 11.5 Å². The van der Waals surface area contributed by atoms with E-state index in [4.69, 9.17) is 10.1 Å². The van der Waals surface area contributed by atoms with Crippen LogP contribution in [-0.4, -0.2) is 50.0 Å². The molecule has 5 rings (SSSR count). The summed E-state index contributed by atoms with van der Waals surface area (Å²) in [5.74, 6) is 1.75. The van der Waals surface area contributed by atoms with Gasteiger partial charge in [-0.15, -0.1) is 0 Å². The molecule has 5 heterocycles. The zero-order valence-corrected chi connectivity index (χ0v) is 18.6. The lowest BCUT2D eigenvalue weighted by molar-refractivity contribution is 0.0599. The number of aromatic nitrogens is 4. The maximum atomic E-state index is 13.3. The molecule has 3 aromatic heterocycles. The minimum Gasteiger partial charge on any atom is -0.356 e. The summed E-state index contributed by atoms with van der Waals surface area (Å²) in [5.41, 5.74) is 4.45.